The molecule has 0 N–H and O–H groups in total. The molecule has 0 saturated heterocycles. The lowest BCUT2D eigenvalue weighted by atomic mass is 9.86. The van der Waals surface area contributed by atoms with E-state index in [1.807, 2.05) is 18.3 Å². The van der Waals surface area contributed by atoms with Crippen molar-refractivity contribution in [3.8, 4) is 0 Å². The number of carbonyl (C=O) groups excluding carboxylic acids is 1. The van der Waals surface area contributed by atoms with Crippen LogP contribution in [0.1, 0.15) is 23.6 Å². The quantitative estimate of drug-likeness (QED) is 0.657. The Bertz CT molecular complexity index is 501. The number of hydrogen-bond acceptors (Lipinski definition) is 2. The van der Waals surface area contributed by atoms with Crippen LogP contribution in [0.3, 0.4) is 0 Å². The molecule has 0 spiro atoms. The average molecular weight is 211 g/mol. The highest BCUT2D eigenvalue weighted by Crippen LogP contribution is 2.38. The van der Waals surface area contributed by atoms with Crippen molar-refractivity contribution in [1.82, 2.24) is 4.90 Å². The molecular formula is C14H13NO. The van der Waals surface area contributed by atoms with E-state index in [2.05, 4.69) is 23.6 Å². The maximum atomic E-state index is 11.5. The summed E-state index contributed by atoms with van der Waals surface area (Å²) in [5.41, 5.74) is 3.58. The number of allylic oxidation sites excluding steroid dienone is 1. The molecule has 0 fully saturated rings. The number of carbonyl (C=O) groups is 1. The van der Waals surface area contributed by atoms with Gasteiger partial charge in [-0.1, -0.05) is 30.8 Å². The van der Waals surface area contributed by atoms with Gasteiger partial charge >= 0.3 is 0 Å². The van der Waals surface area contributed by atoms with Crippen LogP contribution in [-0.2, 0) is 4.79 Å². The monoisotopic (exact) mass is 211 g/mol. The Hall–Kier alpha value is -1.83. The molecule has 80 valence electrons. The van der Waals surface area contributed by atoms with E-state index in [-0.39, 0.29) is 11.8 Å². The van der Waals surface area contributed by atoms with Crippen molar-refractivity contribution in [2.45, 2.75) is 12.5 Å². The number of benzene rings is 1. The number of rotatable bonds is 0. The van der Waals surface area contributed by atoms with Gasteiger partial charge in [0, 0.05) is 19.2 Å². The van der Waals surface area contributed by atoms with Gasteiger partial charge in [-0.2, -0.15) is 0 Å². The number of nitrogens with zero attached hydrogens (tertiary/aromatic N) is 1. The van der Waals surface area contributed by atoms with Crippen molar-refractivity contribution in [3.63, 3.8) is 0 Å². The fourth-order valence-electron chi connectivity index (χ4n) is 2.53. The molecule has 1 aromatic rings. The van der Waals surface area contributed by atoms with Crippen molar-refractivity contribution in [2.24, 2.45) is 0 Å². The van der Waals surface area contributed by atoms with Crippen LogP contribution in [0, 0.1) is 0 Å². The topological polar surface area (TPSA) is 20.3 Å². The molecule has 2 heterocycles. The predicted octanol–water partition coefficient (Wildman–Crippen LogP) is 2.54. The lowest BCUT2D eigenvalue weighted by Gasteiger charge is -2.39. The molecule has 0 aliphatic carbocycles. The maximum Gasteiger partial charge on any atom is 0.159 e. The number of ketones is 1. The van der Waals surface area contributed by atoms with Gasteiger partial charge in [-0.25, -0.2) is 0 Å². The van der Waals surface area contributed by atoms with Gasteiger partial charge in [-0.05, 0) is 22.8 Å². The normalized spacial score (nSPS) is 23.0. The highest BCUT2D eigenvalue weighted by molar-refractivity contribution is 5.91. The van der Waals surface area contributed by atoms with Crippen LogP contribution in [0.2, 0.25) is 0 Å². The lowest BCUT2D eigenvalue weighted by molar-refractivity contribution is -0.116. The van der Waals surface area contributed by atoms with Crippen LogP contribution in [0.5, 0.6) is 0 Å². The fourth-order valence-corrected chi connectivity index (χ4v) is 2.53. The van der Waals surface area contributed by atoms with Gasteiger partial charge in [0.1, 0.15) is 0 Å². The Morgan fingerprint density at radius 3 is 3.00 bits per heavy atom. The minimum atomic E-state index is 0.208. The Balaban J connectivity index is 2.13. The molecule has 2 heteroatoms. The molecule has 16 heavy (non-hydrogen) atoms. The first-order valence-electron chi connectivity index (χ1n) is 5.49. The summed E-state index contributed by atoms with van der Waals surface area (Å²) in [6, 6.07) is 8.46. The molecule has 2 nitrogen and oxygen atoms in total. The van der Waals surface area contributed by atoms with E-state index in [9.17, 15) is 4.79 Å². The van der Waals surface area contributed by atoms with Crippen LogP contribution < -0.4 is 0 Å². The zero-order chi connectivity index (χ0) is 11.1. The van der Waals surface area contributed by atoms with E-state index in [0.717, 1.165) is 12.1 Å². The second-order valence-electron chi connectivity index (χ2n) is 4.37. The molecule has 1 atom stereocenters. The average Bonchev–Trinajstić information content (AvgIpc) is 2.31. The molecule has 2 aliphatic heterocycles. The molecular weight excluding hydrogens is 198 g/mol. The van der Waals surface area contributed by atoms with Crippen LogP contribution >= 0.6 is 0 Å². The van der Waals surface area contributed by atoms with Crippen molar-refractivity contribution in [2.75, 3.05) is 6.54 Å². The van der Waals surface area contributed by atoms with E-state index in [1.165, 1.54) is 11.1 Å². The van der Waals surface area contributed by atoms with Crippen molar-refractivity contribution >= 4 is 11.4 Å². The summed E-state index contributed by atoms with van der Waals surface area (Å²) in [5, 5.41) is 0. The molecule has 0 bridgehead atoms. The van der Waals surface area contributed by atoms with Gasteiger partial charge in [0.15, 0.2) is 5.78 Å². The van der Waals surface area contributed by atoms with E-state index >= 15 is 0 Å². The third-order valence-corrected chi connectivity index (χ3v) is 3.32. The van der Waals surface area contributed by atoms with Crippen LogP contribution in [0.25, 0.3) is 5.57 Å². The van der Waals surface area contributed by atoms with E-state index < -0.39 is 0 Å². The lowest BCUT2D eigenvalue weighted by Crippen LogP contribution is -2.34. The van der Waals surface area contributed by atoms with Crippen LogP contribution in [0.4, 0.5) is 0 Å². The maximum absolute atomic E-state index is 11.5. The van der Waals surface area contributed by atoms with Gasteiger partial charge in [-0.3, -0.25) is 4.79 Å². The SMILES string of the molecule is C=C1CN2C=CC(=O)CC2c2ccccc21. The number of hydrogen-bond donors (Lipinski definition) is 0. The number of fused-ring (bicyclic) bond motifs is 3. The highest BCUT2D eigenvalue weighted by Gasteiger charge is 2.30. The standard InChI is InChI=1S/C14H13NO/c1-10-9-15-7-6-11(16)8-14(15)13-5-3-2-4-12(10)13/h2-7,14H,1,8-9H2. The fraction of sp³-hybridized carbons (Fsp3) is 0.214. The molecule has 0 aromatic heterocycles. The third-order valence-electron chi connectivity index (χ3n) is 3.32. The second-order valence-corrected chi connectivity index (χ2v) is 4.37. The van der Waals surface area contributed by atoms with Crippen molar-refractivity contribution in [3.05, 3.63) is 54.2 Å². The Morgan fingerprint density at radius 1 is 1.31 bits per heavy atom. The summed E-state index contributed by atoms with van der Waals surface area (Å²) in [5.74, 6) is 0.212. The first-order valence-corrected chi connectivity index (χ1v) is 5.49. The molecule has 1 aromatic carbocycles. The molecule has 2 aliphatic rings. The predicted molar refractivity (Wildman–Crippen MR) is 63.7 cm³/mol. The molecule has 1 unspecified atom stereocenters. The minimum absolute atomic E-state index is 0.208. The largest absolute Gasteiger partial charge is 0.366 e. The van der Waals surface area contributed by atoms with E-state index in [1.54, 1.807) is 6.08 Å². The van der Waals surface area contributed by atoms with Crippen molar-refractivity contribution in [1.29, 1.82) is 0 Å². The smallest absolute Gasteiger partial charge is 0.159 e. The van der Waals surface area contributed by atoms with Gasteiger partial charge in [0.2, 0.25) is 0 Å². The summed E-state index contributed by atoms with van der Waals surface area (Å²) in [6.07, 6.45) is 4.15. The second kappa shape index (κ2) is 3.34. The summed E-state index contributed by atoms with van der Waals surface area (Å²) in [4.78, 5) is 13.7. The first-order chi connectivity index (χ1) is 7.75. The zero-order valence-electron chi connectivity index (χ0n) is 9.02. The molecule has 0 amide bonds. The summed E-state index contributed by atoms with van der Waals surface area (Å²) < 4.78 is 0. The Labute approximate surface area is 94.9 Å². The van der Waals surface area contributed by atoms with Crippen LogP contribution in [0.15, 0.2) is 43.1 Å². The first kappa shape index (κ1) is 9.40. The Kier molecular flexibility index (Phi) is 1.96. The van der Waals surface area contributed by atoms with Crippen LogP contribution in [-0.4, -0.2) is 17.2 Å². The van der Waals surface area contributed by atoms with E-state index in [0.29, 0.717) is 6.42 Å². The van der Waals surface area contributed by atoms with E-state index in [4.69, 9.17) is 0 Å². The van der Waals surface area contributed by atoms with Gasteiger partial charge in [0.05, 0.1) is 6.04 Å². The van der Waals surface area contributed by atoms with Crippen molar-refractivity contribution < 1.29 is 4.79 Å². The summed E-state index contributed by atoms with van der Waals surface area (Å²) in [7, 11) is 0. The molecule has 0 saturated carbocycles. The van der Waals surface area contributed by atoms with Gasteiger partial charge in [-0.15, -0.1) is 0 Å². The molecule has 3 rings (SSSR count). The minimum Gasteiger partial charge on any atom is -0.366 e. The van der Waals surface area contributed by atoms with Gasteiger partial charge in [0.25, 0.3) is 0 Å². The summed E-state index contributed by atoms with van der Waals surface area (Å²) in [6.45, 7) is 4.93. The third kappa shape index (κ3) is 1.30. The highest BCUT2D eigenvalue weighted by atomic mass is 16.1. The van der Waals surface area contributed by atoms with Gasteiger partial charge < -0.3 is 4.90 Å². The molecule has 0 radical (unpaired) electrons. The zero-order valence-corrected chi connectivity index (χ0v) is 9.02. The summed E-state index contributed by atoms with van der Waals surface area (Å²) >= 11 is 0. The Morgan fingerprint density at radius 2 is 2.12 bits per heavy atom.